The van der Waals surface area contributed by atoms with Gasteiger partial charge in [0.05, 0.1) is 0 Å². The molecule has 0 bridgehead atoms. The first-order valence-electron chi connectivity index (χ1n) is 8.67. The van der Waals surface area contributed by atoms with Crippen LogP contribution in [0.3, 0.4) is 0 Å². The van der Waals surface area contributed by atoms with Gasteiger partial charge in [0.25, 0.3) is 0 Å². The third kappa shape index (κ3) is 2.62. The Morgan fingerprint density at radius 3 is 2.23 bits per heavy atom. The molecule has 3 heteroatoms. The molecular weight excluding hydrogens is 322 g/mol. The first-order valence-corrected chi connectivity index (χ1v) is 8.67. The number of hydrogen-bond donors (Lipinski definition) is 1. The Bertz CT molecular complexity index is 977. The van der Waals surface area contributed by atoms with Crippen LogP contribution in [-0.4, -0.2) is 11.6 Å². The van der Waals surface area contributed by atoms with Gasteiger partial charge < -0.3 is 5.32 Å². The van der Waals surface area contributed by atoms with Gasteiger partial charge in [-0.15, -0.1) is 0 Å². The summed E-state index contributed by atoms with van der Waals surface area (Å²) in [4.78, 5) is 26.3. The summed E-state index contributed by atoms with van der Waals surface area (Å²) in [5.74, 6) is -0.109. The highest BCUT2D eigenvalue weighted by atomic mass is 16.1. The summed E-state index contributed by atoms with van der Waals surface area (Å²) in [6.07, 6.45) is 0.0770. The lowest BCUT2D eigenvalue weighted by Gasteiger charge is -2.28. The molecule has 1 unspecified atom stereocenters. The molecule has 0 aliphatic carbocycles. The molecule has 0 saturated carbocycles. The molecule has 4 rings (SSSR count). The van der Waals surface area contributed by atoms with Gasteiger partial charge in [-0.05, 0) is 24.6 Å². The predicted molar refractivity (Wildman–Crippen MR) is 103 cm³/mol. The van der Waals surface area contributed by atoms with Crippen LogP contribution in [0.15, 0.2) is 78.9 Å². The Morgan fingerprint density at radius 1 is 0.885 bits per heavy atom. The Morgan fingerprint density at radius 2 is 1.54 bits per heavy atom. The Labute approximate surface area is 152 Å². The summed E-state index contributed by atoms with van der Waals surface area (Å²) in [6, 6.07) is 24.4. The lowest BCUT2D eigenvalue weighted by Crippen LogP contribution is -2.40. The van der Waals surface area contributed by atoms with E-state index in [4.69, 9.17) is 0 Å². The van der Waals surface area contributed by atoms with E-state index in [9.17, 15) is 9.59 Å². The van der Waals surface area contributed by atoms with Crippen molar-refractivity contribution in [2.24, 2.45) is 0 Å². The fourth-order valence-electron chi connectivity index (χ4n) is 3.54. The van der Waals surface area contributed by atoms with Crippen LogP contribution in [0.4, 0.5) is 5.69 Å². The van der Waals surface area contributed by atoms with Gasteiger partial charge in [-0.25, -0.2) is 0 Å². The highest BCUT2D eigenvalue weighted by molar-refractivity contribution is 6.16. The van der Waals surface area contributed by atoms with Crippen molar-refractivity contribution in [2.45, 2.75) is 18.9 Å². The zero-order chi connectivity index (χ0) is 18.1. The number of anilines is 1. The number of fused-ring (bicyclic) bond motifs is 1. The second-order valence-corrected chi connectivity index (χ2v) is 6.74. The smallest absolute Gasteiger partial charge is 0.195 e. The van der Waals surface area contributed by atoms with E-state index in [-0.39, 0.29) is 18.0 Å². The van der Waals surface area contributed by atoms with Crippen molar-refractivity contribution >= 4 is 17.3 Å². The minimum Gasteiger partial charge on any atom is -0.368 e. The largest absolute Gasteiger partial charge is 0.368 e. The lowest BCUT2D eigenvalue weighted by molar-refractivity contribution is 0.0846. The minimum atomic E-state index is -1.06. The van der Waals surface area contributed by atoms with E-state index in [1.54, 1.807) is 0 Å². The number of nitrogens with one attached hydrogen (secondary N) is 1. The van der Waals surface area contributed by atoms with E-state index in [0.29, 0.717) is 11.1 Å². The number of carbonyl (C=O) groups excluding carboxylic acids is 2. The Balaban J connectivity index is 1.77. The second-order valence-electron chi connectivity index (χ2n) is 6.74. The van der Waals surface area contributed by atoms with Crippen LogP contribution in [0.2, 0.25) is 0 Å². The van der Waals surface area contributed by atoms with Crippen LogP contribution in [0.25, 0.3) is 0 Å². The average Bonchev–Trinajstić information content (AvgIpc) is 2.96. The van der Waals surface area contributed by atoms with E-state index < -0.39 is 5.54 Å². The maximum absolute atomic E-state index is 13.3. The molecule has 1 aliphatic heterocycles. The van der Waals surface area contributed by atoms with Crippen molar-refractivity contribution in [1.82, 2.24) is 0 Å². The highest BCUT2D eigenvalue weighted by Gasteiger charge is 2.47. The van der Waals surface area contributed by atoms with Gasteiger partial charge >= 0.3 is 0 Å². The molecule has 1 heterocycles. The molecule has 1 atom stereocenters. The van der Waals surface area contributed by atoms with Crippen LogP contribution in [-0.2, 0) is 5.54 Å². The molecule has 0 radical (unpaired) electrons. The molecule has 1 N–H and O–H groups in total. The number of aryl methyl sites for hydroxylation is 1. The number of benzene rings is 3. The molecule has 1 aliphatic rings. The monoisotopic (exact) mass is 341 g/mol. The zero-order valence-corrected chi connectivity index (χ0v) is 14.5. The van der Waals surface area contributed by atoms with E-state index in [1.165, 1.54) is 0 Å². The zero-order valence-electron chi connectivity index (χ0n) is 14.5. The topological polar surface area (TPSA) is 46.2 Å². The van der Waals surface area contributed by atoms with E-state index >= 15 is 0 Å². The SMILES string of the molecule is Cc1ccc(C(=O)CC2(c3ccccc3)Nc3ccccc3C2=O)cc1. The van der Waals surface area contributed by atoms with Gasteiger partial charge in [0.15, 0.2) is 11.6 Å². The van der Waals surface area contributed by atoms with Gasteiger partial charge in [-0.1, -0.05) is 72.3 Å². The maximum atomic E-state index is 13.3. The number of rotatable bonds is 4. The van der Waals surface area contributed by atoms with Gasteiger partial charge in [0, 0.05) is 23.2 Å². The number of ketones is 2. The maximum Gasteiger partial charge on any atom is 0.195 e. The van der Waals surface area contributed by atoms with Crippen molar-refractivity contribution in [3.05, 3.63) is 101 Å². The van der Waals surface area contributed by atoms with Crippen LogP contribution in [0.5, 0.6) is 0 Å². The standard InChI is InChI=1S/C23H19NO2/c1-16-11-13-17(14-12-16)21(25)15-23(18-7-3-2-4-8-18)22(26)19-9-5-6-10-20(19)24-23/h2-14,24H,15H2,1H3. The Kier molecular flexibility index (Phi) is 3.92. The second kappa shape index (κ2) is 6.26. The summed E-state index contributed by atoms with van der Waals surface area (Å²) in [5.41, 5.74) is 2.87. The summed E-state index contributed by atoms with van der Waals surface area (Å²) in [5, 5.41) is 3.36. The first-order chi connectivity index (χ1) is 12.6. The van der Waals surface area contributed by atoms with Crippen molar-refractivity contribution in [1.29, 1.82) is 0 Å². The normalized spacial score (nSPS) is 18.3. The minimum absolute atomic E-state index is 0.0532. The number of para-hydroxylation sites is 1. The lowest BCUT2D eigenvalue weighted by atomic mass is 9.80. The molecule has 3 nitrogen and oxygen atoms in total. The van der Waals surface area contributed by atoms with E-state index in [1.807, 2.05) is 85.8 Å². The van der Waals surface area contributed by atoms with Crippen molar-refractivity contribution in [3.8, 4) is 0 Å². The molecule has 0 aromatic heterocycles. The fourth-order valence-corrected chi connectivity index (χ4v) is 3.54. The molecular formula is C23H19NO2. The van der Waals surface area contributed by atoms with Gasteiger partial charge in [0.1, 0.15) is 5.54 Å². The predicted octanol–water partition coefficient (Wildman–Crippen LogP) is 4.77. The number of hydrogen-bond acceptors (Lipinski definition) is 3. The summed E-state index contributed by atoms with van der Waals surface area (Å²) >= 11 is 0. The van der Waals surface area contributed by atoms with E-state index in [2.05, 4.69) is 5.32 Å². The summed E-state index contributed by atoms with van der Waals surface area (Å²) < 4.78 is 0. The number of carbonyl (C=O) groups is 2. The molecule has 0 fully saturated rings. The molecule has 26 heavy (non-hydrogen) atoms. The molecule has 3 aromatic carbocycles. The quantitative estimate of drug-likeness (QED) is 0.695. The van der Waals surface area contributed by atoms with Crippen molar-refractivity contribution in [2.75, 3.05) is 5.32 Å². The number of Topliss-reactive ketones (excluding diaryl/α,β-unsaturated/α-hetero) is 2. The van der Waals surface area contributed by atoms with Crippen LogP contribution in [0, 0.1) is 6.92 Å². The van der Waals surface area contributed by atoms with Crippen LogP contribution < -0.4 is 5.32 Å². The average molecular weight is 341 g/mol. The fraction of sp³-hybridized carbons (Fsp3) is 0.130. The molecule has 0 spiro atoms. The van der Waals surface area contributed by atoms with Gasteiger partial charge in [-0.2, -0.15) is 0 Å². The van der Waals surface area contributed by atoms with E-state index in [0.717, 1.165) is 16.8 Å². The third-order valence-electron chi connectivity index (χ3n) is 4.97. The molecule has 128 valence electrons. The van der Waals surface area contributed by atoms with Crippen molar-refractivity contribution in [3.63, 3.8) is 0 Å². The first kappa shape index (κ1) is 16.3. The third-order valence-corrected chi connectivity index (χ3v) is 4.97. The molecule has 0 amide bonds. The summed E-state index contributed by atoms with van der Waals surface area (Å²) in [6.45, 7) is 1.98. The van der Waals surface area contributed by atoms with Crippen LogP contribution in [0.1, 0.15) is 38.3 Å². The van der Waals surface area contributed by atoms with Gasteiger partial charge in [-0.3, -0.25) is 9.59 Å². The van der Waals surface area contributed by atoms with Crippen molar-refractivity contribution < 1.29 is 9.59 Å². The highest BCUT2D eigenvalue weighted by Crippen LogP contribution is 2.42. The Hall–Kier alpha value is -3.20. The van der Waals surface area contributed by atoms with Gasteiger partial charge in [0.2, 0.25) is 0 Å². The molecule has 0 saturated heterocycles. The summed E-state index contributed by atoms with van der Waals surface area (Å²) in [7, 11) is 0. The van der Waals surface area contributed by atoms with Crippen LogP contribution >= 0.6 is 0 Å². The molecule has 3 aromatic rings.